The number of nitrogen functional groups attached to an aromatic ring is 1. The Bertz CT molecular complexity index is 971. The zero-order valence-corrected chi connectivity index (χ0v) is 14.1. The SMILES string of the molecule is Cc1nc(C(=O)CC2CC(O)c3cccnc32)c(N)nc1-c1ncco1. The third kappa shape index (κ3) is 2.74. The molecule has 0 bridgehead atoms. The van der Waals surface area contributed by atoms with Gasteiger partial charge < -0.3 is 15.3 Å². The van der Waals surface area contributed by atoms with Gasteiger partial charge >= 0.3 is 0 Å². The van der Waals surface area contributed by atoms with Crippen LogP contribution in [-0.4, -0.2) is 30.8 Å². The summed E-state index contributed by atoms with van der Waals surface area (Å²) in [6, 6.07) is 3.61. The Kier molecular flexibility index (Phi) is 3.96. The number of Topliss-reactive ketones (excluding diaryl/α,β-unsaturated/α-hetero) is 1. The summed E-state index contributed by atoms with van der Waals surface area (Å²) in [5.41, 5.74) is 8.54. The van der Waals surface area contributed by atoms with Crippen molar-refractivity contribution in [2.45, 2.75) is 31.8 Å². The average molecular weight is 351 g/mol. The molecule has 0 fully saturated rings. The molecule has 0 saturated heterocycles. The standard InChI is InChI=1S/C18H17N5O3/c1-9-14(18-21-5-6-26-18)23-17(19)16(22-9)13(25)8-10-7-12(24)11-3-2-4-20-15(10)11/h2-6,10,12,24H,7-8H2,1H3,(H2,19,23). The molecule has 3 heterocycles. The highest BCUT2D eigenvalue weighted by Gasteiger charge is 2.33. The van der Waals surface area contributed by atoms with Gasteiger partial charge in [0.25, 0.3) is 0 Å². The van der Waals surface area contributed by atoms with Crippen molar-refractivity contribution in [2.24, 2.45) is 0 Å². The van der Waals surface area contributed by atoms with Crippen LogP contribution in [0.25, 0.3) is 11.6 Å². The van der Waals surface area contributed by atoms with Crippen LogP contribution in [0.15, 0.2) is 35.2 Å². The second kappa shape index (κ2) is 6.30. The molecule has 8 heteroatoms. The van der Waals surface area contributed by atoms with E-state index in [9.17, 15) is 9.90 Å². The van der Waals surface area contributed by atoms with Crippen LogP contribution in [0.2, 0.25) is 0 Å². The molecule has 2 unspecified atom stereocenters. The van der Waals surface area contributed by atoms with Gasteiger partial charge in [0.05, 0.1) is 18.0 Å². The van der Waals surface area contributed by atoms with Gasteiger partial charge in [-0.3, -0.25) is 9.78 Å². The van der Waals surface area contributed by atoms with Gasteiger partial charge in [-0.05, 0) is 19.4 Å². The van der Waals surface area contributed by atoms with Gasteiger partial charge in [0.1, 0.15) is 17.7 Å². The summed E-state index contributed by atoms with van der Waals surface area (Å²) in [5, 5.41) is 10.2. The number of hydrogen-bond donors (Lipinski definition) is 2. The third-order valence-corrected chi connectivity index (χ3v) is 4.55. The summed E-state index contributed by atoms with van der Waals surface area (Å²) in [6.45, 7) is 1.72. The number of aromatic nitrogens is 4. The first-order valence-electron chi connectivity index (χ1n) is 8.24. The molecule has 3 aromatic rings. The molecular formula is C18H17N5O3. The van der Waals surface area contributed by atoms with Crippen molar-refractivity contribution in [1.82, 2.24) is 19.9 Å². The monoisotopic (exact) mass is 351 g/mol. The molecule has 0 aromatic carbocycles. The van der Waals surface area contributed by atoms with Crippen molar-refractivity contribution in [1.29, 1.82) is 0 Å². The molecule has 0 amide bonds. The summed E-state index contributed by atoms with van der Waals surface area (Å²) in [4.78, 5) is 29.7. The average Bonchev–Trinajstić information content (AvgIpc) is 3.26. The number of fused-ring (bicyclic) bond motifs is 1. The molecular weight excluding hydrogens is 334 g/mol. The molecule has 26 heavy (non-hydrogen) atoms. The van der Waals surface area contributed by atoms with Crippen LogP contribution in [0, 0.1) is 6.92 Å². The van der Waals surface area contributed by atoms with Crippen molar-refractivity contribution < 1.29 is 14.3 Å². The van der Waals surface area contributed by atoms with E-state index in [1.54, 1.807) is 19.2 Å². The fourth-order valence-corrected chi connectivity index (χ4v) is 3.34. The van der Waals surface area contributed by atoms with Crippen LogP contribution < -0.4 is 5.73 Å². The molecule has 8 nitrogen and oxygen atoms in total. The maximum absolute atomic E-state index is 12.8. The molecule has 1 aliphatic rings. The second-order valence-electron chi connectivity index (χ2n) is 6.28. The maximum Gasteiger partial charge on any atom is 0.246 e. The number of nitrogens with zero attached hydrogens (tertiary/aromatic N) is 4. The predicted octanol–water partition coefficient (Wildman–Crippen LogP) is 2.21. The van der Waals surface area contributed by atoms with Crippen molar-refractivity contribution in [3.63, 3.8) is 0 Å². The number of rotatable bonds is 4. The smallest absolute Gasteiger partial charge is 0.246 e. The van der Waals surface area contributed by atoms with Crippen molar-refractivity contribution in [3.8, 4) is 11.6 Å². The first-order chi connectivity index (χ1) is 12.5. The number of oxazole rings is 1. The molecule has 3 aromatic heterocycles. The van der Waals surface area contributed by atoms with E-state index >= 15 is 0 Å². The Morgan fingerprint density at radius 2 is 2.19 bits per heavy atom. The summed E-state index contributed by atoms with van der Waals surface area (Å²) in [7, 11) is 0. The Morgan fingerprint density at radius 1 is 1.35 bits per heavy atom. The molecule has 0 saturated carbocycles. The highest BCUT2D eigenvalue weighted by Crippen LogP contribution is 2.41. The minimum Gasteiger partial charge on any atom is -0.443 e. The summed E-state index contributed by atoms with van der Waals surface area (Å²) in [5.74, 6) is -0.0549. The van der Waals surface area contributed by atoms with E-state index in [0.717, 1.165) is 11.3 Å². The summed E-state index contributed by atoms with van der Waals surface area (Å²) >= 11 is 0. The molecule has 2 atom stereocenters. The normalized spacial score (nSPS) is 18.7. The zero-order chi connectivity index (χ0) is 18.3. The topological polar surface area (TPSA) is 128 Å². The lowest BCUT2D eigenvalue weighted by atomic mass is 9.98. The lowest BCUT2D eigenvalue weighted by Crippen LogP contribution is -2.14. The fraction of sp³-hybridized carbons (Fsp3) is 0.278. The van der Waals surface area contributed by atoms with Crippen LogP contribution in [-0.2, 0) is 0 Å². The van der Waals surface area contributed by atoms with Gasteiger partial charge in [0, 0.05) is 29.8 Å². The van der Waals surface area contributed by atoms with E-state index in [1.165, 1.54) is 12.5 Å². The minimum atomic E-state index is -0.603. The highest BCUT2D eigenvalue weighted by atomic mass is 16.3. The predicted molar refractivity (Wildman–Crippen MR) is 92.2 cm³/mol. The Hall–Kier alpha value is -3.13. The molecule has 4 rings (SSSR count). The first-order valence-corrected chi connectivity index (χ1v) is 8.24. The largest absolute Gasteiger partial charge is 0.443 e. The first kappa shape index (κ1) is 16.3. The van der Waals surface area contributed by atoms with Crippen molar-refractivity contribution in [3.05, 3.63) is 53.4 Å². The molecule has 3 N–H and O–H groups in total. The number of aryl methyl sites for hydroxylation is 1. The number of pyridine rings is 1. The number of aliphatic hydroxyl groups excluding tert-OH is 1. The van der Waals surface area contributed by atoms with Gasteiger partial charge in [0.15, 0.2) is 11.6 Å². The Balaban J connectivity index is 1.61. The van der Waals surface area contributed by atoms with Crippen LogP contribution in [0.1, 0.15) is 52.3 Å². The van der Waals surface area contributed by atoms with E-state index in [2.05, 4.69) is 19.9 Å². The molecule has 0 spiro atoms. The minimum absolute atomic E-state index is 0.0357. The van der Waals surface area contributed by atoms with E-state index < -0.39 is 6.10 Å². The van der Waals surface area contributed by atoms with Gasteiger partial charge in [0.2, 0.25) is 5.89 Å². The molecule has 132 valence electrons. The van der Waals surface area contributed by atoms with Gasteiger partial charge in [-0.25, -0.2) is 15.0 Å². The third-order valence-electron chi connectivity index (χ3n) is 4.55. The van der Waals surface area contributed by atoms with Crippen LogP contribution in [0.3, 0.4) is 0 Å². The summed E-state index contributed by atoms with van der Waals surface area (Å²) in [6.07, 6.45) is 4.62. The van der Waals surface area contributed by atoms with Gasteiger partial charge in [-0.15, -0.1) is 0 Å². The zero-order valence-electron chi connectivity index (χ0n) is 14.1. The van der Waals surface area contributed by atoms with Crippen molar-refractivity contribution in [2.75, 3.05) is 5.73 Å². The van der Waals surface area contributed by atoms with E-state index in [-0.39, 0.29) is 29.6 Å². The number of hydrogen-bond acceptors (Lipinski definition) is 8. The highest BCUT2D eigenvalue weighted by molar-refractivity contribution is 5.98. The van der Waals surface area contributed by atoms with E-state index in [1.807, 2.05) is 6.07 Å². The quantitative estimate of drug-likeness (QED) is 0.685. The Labute approximate surface area is 149 Å². The lowest BCUT2D eigenvalue weighted by molar-refractivity contribution is 0.0960. The lowest BCUT2D eigenvalue weighted by Gasteiger charge is -2.11. The summed E-state index contributed by atoms with van der Waals surface area (Å²) < 4.78 is 5.22. The Morgan fingerprint density at radius 3 is 2.96 bits per heavy atom. The molecule has 0 radical (unpaired) electrons. The maximum atomic E-state index is 12.8. The molecule has 0 aliphatic heterocycles. The van der Waals surface area contributed by atoms with Crippen molar-refractivity contribution >= 4 is 11.6 Å². The van der Waals surface area contributed by atoms with Crippen LogP contribution in [0.5, 0.6) is 0 Å². The fourth-order valence-electron chi connectivity index (χ4n) is 3.34. The molecule has 1 aliphatic carbocycles. The number of nitrogens with two attached hydrogens (primary N) is 1. The number of carbonyl (C=O) groups is 1. The van der Waals surface area contributed by atoms with E-state index in [4.69, 9.17) is 10.2 Å². The van der Waals surface area contributed by atoms with Crippen LogP contribution >= 0.6 is 0 Å². The number of ketones is 1. The second-order valence-corrected chi connectivity index (χ2v) is 6.28. The van der Waals surface area contributed by atoms with E-state index in [0.29, 0.717) is 23.7 Å². The van der Waals surface area contributed by atoms with Gasteiger partial charge in [-0.1, -0.05) is 6.07 Å². The van der Waals surface area contributed by atoms with Crippen LogP contribution in [0.4, 0.5) is 5.82 Å². The number of aliphatic hydroxyl groups is 1. The number of anilines is 1. The number of carbonyl (C=O) groups excluding carboxylic acids is 1. The van der Waals surface area contributed by atoms with Gasteiger partial charge in [-0.2, -0.15) is 0 Å².